The van der Waals surface area contributed by atoms with E-state index in [1.807, 2.05) is 85.2 Å². The summed E-state index contributed by atoms with van der Waals surface area (Å²) in [5.74, 6) is 0.400. The predicted octanol–water partition coefficient (Wildman–Crippen LogP) is 6.74. The number of aromatic hydroxyl groups is 1. The lowest BCUT2D eigenvalue weighted by Gasteiger charge is -2.10. The predicted molar refractivity (Wildman–Crippen MR) is 156 cm³/mol. The lowest BCUT2D eigenvalue weighted by molar-refractivity contribution is 0.0601. The van der Waals surface area contributed by atoms with Crippen LogP contribution in [0.4, 0.5) is 5.69 Å². The van der Waals surface area contributed by atoms with Crippen molar-refractivity contribution in [3.8, 4) is 17.3 Å². The second kappa shape index (κ2) is 10.7. The van der Waals surface area contributed by atoms with Gasteiger partial charge in [-0.25, -0.2) is 14.8 Å². The van der Waals surface area contributed by atoms with Gasteiger partial charge in [-0.1, -0.05) is 66.7 Å². The summed E-state index contributed by atoms with van der Waals surface area (Å²) in [5, 5.41) is 11.7. The molecule has 7 heteroatoms. The third kappa shape index (κ3) is 4.88. The Kier molecular flexibility index (Phi) is 6.68. The first-order chi connectivity index (χ1) is 19.6. The van der Waals surface area contributed by atoms with Gasteiger partial charge in [-0.15, -0.1) is 0 Å². The minimum Gasteiger partial charge on any atom is -0.494 e. The summed E-state index contributed by atoms with van der Waals surface area (Å²) in [6.45, 7) is 0.728. The minimum absolute atomic E-state index is 0.0285. The molecule has 6 aromatic rings. The van der Waals surface area contributed by atoms with Crippen molar-refractivity contribution in [3.05, 3.63) is 138 Å². The van der Waals surface area contributed by atoms with Crippen LogP contribution in [0.15, 0.2) is 121 Å². The molecule has 4 aromatic carbocycles. The number of hydrogen-bond donors (Lipinski definition) is 2. The number of nitrogens with one attached hydrogen (secondary N) is 1. The van der Waals surface area contributed by atoms with E-state index in [1.165, 1.54) is 12.7 Å². The molecule has 40 heavy (non-hydrogen) atoms. The Bertz CT molecular complexity index is 1820. The van der Waals surface area contributed by atoms with E-state index in [-0.39, 0.29) is 5.88 Å². The third-order valence-electron chi connectivity index (χ3n) is 6.76. The van der Waals surface area contributed by atoms with Crippen molar-refractivity contribution in [2.75, 3.05) is 7.11 Å². The number of carbonyl (C=O) groups is 1. The molecule has 0 aliphatic rings. The van der Waals surface area contributed by atoms with E-state index in [0.717, 1.165) is 34.6 Å². The molecule has 0 spiro atoms. The summed E-state index contributed by atoms with van der Waals surface area (Å²) in [5.41, 5.74) is 5.91. The lowest BCUT2D eigenvalue weighted by atomic mass is 10.00. The van der Waals surface area contributed by atoms with Crippen LogP contribution in [0.25, 0.3) is 22.3 Å². The molecule has 2 aromatic heterocycles. The normalized spacial score (nSPS) is 11.6. The molecule has 0 unspecified atom stereocenters. The Labute approximate surface area is 231 Å². The zero-order valence-corrected chi connectivity index (χ0v) is 21.8. The van der Waals surface area contributed by atoms with E-state index >= 15 is 0 Å². The Morgan fingerprint density at radius 2 is 1.65 bits per heavy atom. The van der Waals surface area contributed by atoms with E-state index in [2.05, 4.69) is 26.7 Å². The molecule has 0 aliphatic heterocycles. The lowest BCUT2D eigenvalue weighted by Crippen LogP contribution is -2.03. The molecule has 0 bridgehead atoms. The number of H-pyrrole nitrogens is 1. The van der Waals surface area contributed by atoms with E-state index in [1.54, 1.807) is 18.2 Å². The maximum Gasteiger partial charge on any atom is 0.337 e. The van der Waals surface area contributed by atoms with Crippen molar-refractivity contribution >= 4 is 28.3 Å². The summed E-state index contributed by atoms with van der Waals surface area (Å²) in [6, 6.07) is 33.0. The number of imidazole rings is 1. The number of esters is 1. The number of methoxy groups -OCH3 is 1. The highest BCUT2D eigenvalue weighted by atomic mass is 16.5. The number of rotatable bonds is 7. The summed E-state index contributed by atoms with van der Waals surface area (Å²) in [4.78, 5) is 24.6. The molecule has 2 N–H and O–H groups in total. The fourth-order valence-electron chi connectivity index (χ4n) is 4.82. The third-order valence-corrected chi connectivity index (χ3v) is 6.76. The van der Waals surface area contributed by atoms with E-state index in [4.69, 9.17) is 9.73 Å². The first kappa shape index (κ1) is 24.9. The molecule has 2 heterocycles. The van der Waals surface area contributed by atoms with Gasteiger partial charge < -0.3 is 19.4 Å². The number of aromatic nitrogens is 3. The number of ether oxygens (including phenoxy) is 1. The van der Waals surface area contributed by atoms with E-state index in [0.29, 0.717) is 22.4 Å². The highest BCUT2D eigenvalue weighted by Gasteiger charge is 2.20. The number of aliphatic imine (C=N–C) groups is 1. The van der Waals surface area contributed by atoms with Gasteiger partial charge in [0.05, 0.1) is 29.6 Å². The van der Waals surface area contributed by atoms with Crippen LogP contribution in [0, 0.1) is 0 Å². The molecule has 0 atom stereocenters. The van der Waals surface area contributed by atoms with Gasteiger partial charge >= 0.3 is 5.97 Å². The van der Waals surface area contributed by atoms with Crippen molar-refractivity contribution in [1.82, 2.24) is 14.5 Å². The maximum absolute atomic E-state index is 12.0. The standard InChI is InChI=1S/C33H26N4O3/c1-40-33(39)25-14-17-27-28(20-25)36-32(38)29(27)30(23-10-6-3-7-11-23)35-26-15-12-24(13-16-26)31-34-18-19-37(31)21-22-8-4-2-5-9-22/h2-20,36,38H,21H2,1H3. The first-order valence-electron chi connectivity index (χ1n) is 12.8. The SMILES string of the molecule is COC(=O)c1ccc2c(C(=Nc3ccc(-c4nccn4Cc4ccccc4)cc3)c3ccccc3)c(O)[nH]c2c1. The van der Waals surface area contributed by atoms with Crippen LogP contribution >= 0.6 is 0 Å². The van der Waals surface area contributed by atoms with Gasteiger partial charge in [0.2, 0.25) is 0 Å². The average molecular weight is 527 g/mol. The van der Waals surface area contributed by atoms with Gasteiger partial charge in [0.15, 0.2) is 5.88 Å². The smallest absolute Gasteiger partial charge is 0.337 e. The van der Waals surface area contributed by atoms with E-state index < -0.39 is 5.97 Å². The minimum atomic E-state index is -0.445. The monoisotopic (exact) mass is 526 g/mol. The second-order valence-electron chi connectivity index (χ2n) is 9.34. The number of aromatic amines is 1. The number of hydrogen-bond acceptors (Lipinski definition) is 5. The number of carbonyl (C=O) groups excluding carboxylic acids is 1. The molecule has 6 rings (SSSR count). The summed E-state index contributed by atoms with van der Waals surface area (Å²) < 4.78 is 6.97. The van der Waals surface area contributed by atoms with Gasteiger partial charge in [0, 0.05) is 41.0 Å². The van der Waals surface area contributed by atoms with E-state index in [9.17, 15) is 9.90 Å². The van der Waals surface area contributed by atoms with Crippen molar-refractivity contribution in [2.24, 2.45) is 4.99 Å². The molecule has 0 saturated carbocycles. The summed E-state index contributed by atoms with van der Waals surface area (Å²) >= 11 is 0. The van der Waals surface area contributed by atoms with Crippen LogP contribution in [0.1, 0.15) is 27.0 Å². The summed E-state index contributed by atoms with van der Waals surface area (Å²) in [6.07, 6.45) is 3.79. The average Bonchev–Trinajstić information content (AvgIpc) is 3.59. The van der Waals surface area contributed by atoms with Crippen LogP contribution in [0.2, 0.25) is 0 Å². The topological polar surface area (TPSA) is 92.5 Å². The van der Waals surface area contributed by atoms with Crippen LogP contribution in [0.3, 0.4) is 0 Å². The largest absolute Gasteiger partial charge is 0.494 e. The van der Waals surface area contributed by atoms with Gasteiger partial charge in [-0.3, -0.25) is 0 Å². The zero-order valence-electron chi connectivity index (χ0n) is 21.8. The Hall–Kier alpha value is -5.43. The molecule has 7 nitrogen and oxygen atoms in total. The molecule has 0 amide bonds. The molecule has 0 radical (unpaired) electrons. The Morgan fingerprint density at radius 3 is 2.38 bits per heavy atom. The Morgan fingerprint density at radius 1 is 0.925 bits per heavy atom. The highest BCUT2D eigenvalue weighted by molar-refractivity contribution is 6.22. The molecular weight excluding hydrogens is 500 g/mol. The summed E-state index contributed by atoms with van der Waals surface area (Å²) in [7, 11) is 1.34. The molecule has 0 fully saturated rings. The van der Waals surface area contributed by atoms with Crippen LogP contribution in [0.5, 0.6) is 5.88 Å². The van der Waals surface area contributed by atoms with Crippen molar-refractivity contribution in [1.29, 1.82) is 0 Å². The van der Waals surface area contributed by atoms with Crippen molar-refractivity contribution < 1.29 is 14.6 Å². The van der Waals surface area contributed by atoms with Crippen molar-refractivity contribution in [2.45, 2.75) is 6.54 Å². The van der Waals surface area contributed by atoms with Crippen molar-refractivity contribution in [3.63, 3.8) is 0 Å². The molecule has 196 valence electrons. The Balaban J connectivity index is 1.39. The van der Waals surface area contributed by atoms with Gasteiger partial charge in [-0.2, -0.15) is 0 Å². The van der Waals surface area contributed by atoms with Gasteiger partial charge in [-0.05, 0) is 42.0 Å². The van der Waals surface area contributed by atoms with Crippen LogP contribution in [-0.2, 0) is 11.3 Å². The fourth-order valence-corrected chi connectivity index (χ4v) is 4.82. The molecule has 0 aliphatic carbocycles. The van der Waals surface area contributed by atoms with Gasteiger partial charge in [0.25, 0.3) is 0 Å². The number of fused-ring (bicyclic) bond motifs is 1. The van der Waals surface area contributed by atoms with Crippen LogP contribution in [-0.4, -0.2) is 38.4 Å². The first-order valence-corrected chi connectivity index (χ1v) is 12.8. The quantitative estimate of drug-likeness (QED) is 0.178. The molecule has 0 saturated heterocycles. The zero-order chi connectivity index (χ0) is 27.5. The fraction of sp³-hybridized carbons (Fsp3) is 0.0606. The number of benzene rings is 4. The maximum atomic E-state index is 12.0. The second-order valence-corrected chi connectivity index (χ2v) is 9.34. The molecular formula is C33H26N4O3. The van der Waals surface area contributed by atoms with Gasteiger partial charge in [0.1, 0.15) is 5.82 Å². The van der Waals surface area contributed by atoms with Crippen LogP contribution < -0.4 is 0 Å². The number of nitrogens with zero attached hydrogens (tertiary/aromatic N) is 3. The highest BCUT2D eigenvalue weighted by Crippen LogP contribution is 2.32.